The van der Waals surface area contributed by atoms with Gasteiger partial charge in [-0.05, 0) is 35.9 Å². The first kappa shape index (κ1) is 19.8. The lowest BCUT2D eigenvalue weighted by molar-refractivity contribution is -0.116. The Kier molecular flexibility index (Phi) is 5.33. The zero-order chi connectivity index (χ0) is 21.1. The van der Waals surface area contributed by atoms with Gasteiger partial charge in [-0.1, -0.05) is 30.3 Å². The van der Waals surface area contributed by atoms with Crippen molar-refractivity contribution in [3.8, 4) is 0 Å². The number of benzene rings is 2. The average Bonchev–Trinajstić information content (AvgIpc) is 3.08. The minimum Gasteiger partial charge on any atom is -0.337 e. The fraction of sp³-hybridized carbons (Fsp3) is 0.0909. The molecule has 8 heteroatoms. The molecule has 0 spiro atoms. The van der Waals surface area contributed by atoms with E-state index >= 15 is 0 Å². The highest BCUT2D eigenvalue weighted by Gasteiger charge is 2.22. The van der Waals surface area contributed by atoms with E-state index in [4.69, 9.17) is 0 Å². The number of para-hydroxylation sites is 1. The third kappa shape index (κ3) is 4.23. The van der Waals surface area contributed by atoms with Gasteiger partial charge in [0.2, 0.25) is 5.91 Å². The Labute approximate surface area is 172 Å². The maximum absolute atomic E-state index is 13.5. The molecule has 0 bridgehead atoms. The number of nitrogens with one attached hydrogen (secondary N) is 1. The largest absolute Gasteiger partial charge is 0.337 e. The van der Waals surface area contributed by atoms with Gasteiger partial charge in [-0.3, -0.25) is 9.78 Å². The van der Waals surface area contributed by atoms with Crippen LogP contribution in [0.15, 0.2) is 84.1 Å². The molecule has 6 nitrogen and oxygen atoms in total. The first-order chi connectivity index (χ1) is 14.4. The summed E-state index contributed by atoms with van der Waals surface area (Å²) >= 11 is 0. The SMILES string of the molecule is O=C(Cn1cc(S(=O)(=O)Cc2cccc(F)c2)c2ccccc21)Nc1ccncc1. The summed E-state index contributed by atoms with van der Waals surface area (Å²) in [6.45, 7) is -0.0572. The van der Waals surface area contributed by atoms with Gasteiger partial charge in [0, 0.05) is 35.2 Å². The monoisotopic (exact) mass is 423 g/mol. The summed E-state index contributed by atoms with van der Waals surface area (Å²) in [5, 5.41) is 3.28. The second-order valence-corrected chi connectivity index (χ2v) is 8.77. The molecule has 0 fully saturated rings. The van der Waals surface area contributed by atoms with Crippen molar-refractivity contribution in [2.75, 3.05) is 5.32 Å². The van der Waals surface area contributed by atoms with Crippen LogP contribution in [0.5, 0.6) is 0 Å². The van der Waals surface area contributed by atoms with Gasteiger partial charge in [-0.15, -0.1) is 0 Å². The van der Waals surface area contributed by atoms with Gasteiger partial charge in [0.05, 0.1) is 10.6 Å². The second-order valence-electron chi connectivity index (χ2n) is 6.81. The molecule has 0 radical (unpaired) electrons. The van der Waals surface area contributed by atoms with E-state index in [9.17, 15) is 17.6 Å². The number of carbonyl (C=O) groups excluding carboxylic acids is 1. The van der Waals surface area contributed by atoms with Crippen LogP contribution >= 0.6 is 0 Å². The highest BCUT2D eigenvalue weighted by Crippen LogP contribution is 2.28. The van der Waals surface area contributed by atoms with Gasteiger partial charge in [0.25, 0.3) is 0 Å². The van der Waals surface area contributed by atoms with Crippen molar-refractivity contribution in [2.24, 2.45) is 0 Å². The second kappa shape index (κ2) is 8.08. The van der Waals surface area contributed by atoms with Crippen molar-refractivity contribution in [2.45, 2.75) is 17.2 Å². The number of anilines is 1. The van der Waals surface area contributed by atoms with Crippen LogP contribution in [-0.4, -0.2) is 23.9 Å². The zero-order valence-corrected chi connectivity index (χ0v) is 16.6. The van der Waals surface area contributed by atoms with E-state index in [-0.39, 0.29) is 23.1 Å². The van der Waals surface area contributed by atoms with Crippen LogP contribution in [0.4, 0.5) is 10.1 Å². The molecular weight excluding hydrogens is 405 g/mol. The topological polar surface area (TPSA) is 81.1 Å². The maximum Gasteiger partial charge on any atom is 0.244 e. The lowest BCUT2D eigenvalue weighted by atomic mass is 10.2. The Morgan fingerprint density at radius 3 is 2.57 bits per heavy atom. The van der Waals surface area contributed by atoms with Crippen LogP contribution in [0.2, 0.25) is 0 Å². The molecule has 0 aliphatic rings. The van der Waals surface area contributed by atoms with E-state index < -0.39 is 15.7 Å². The first-order valence-corrected chi connectivity index (χ1v) is 10.8. The van der Waals surface area contributed by atoms with Crippen LogP contribution in [0.1, 0.15) is 5.56 Å². The van der Waals surface area contributed by atoms with Crippen LogP contribution < -0.4 is 5.32 Å². The van der Waals surface area contributed by atoms with Crippen LogP contribution in [0.25, 0.3) is 10.9 Å². The summed E-state index contributed by atoms with van der Waals surface area (Å²) in [4.78, 5) is 16.5. The normalized spacial score (nSPS) is 11.5. The summed E-state index contributed by atoms with van der Waals surface area (Å²) in [5.74, 6) is -1.11. The predicted molar refractivity (Wildman–Crippen MR) is 112 cm³/mol. The number of pyridine rings is 1. The number of hydrogen-bond donors (Lipinski definition) is 1. The summed E-state index contributed by atoms with van der Waals surface area (Å²) < 4.78 is 41.2. The van der Waals surface area contributed by atoms with Gasteiger partial charge in [0.1, 0.15) is 12.4 Å². The number of carbonyl (C=O) groups is 1. The molecule has 2 aromatic carbocycles. The molecule has 0 unspecified atom stereocenters. The minimum atomic E-state index is -3.76. The van der Waals surface area contributed by atoms with E-state index in [1.807, 2.05) is 0 Å². The van der Waals surface area contributed by atoms with Gasteiger partial charge < -0.3 is 9.88 Å². The van der Waals surface area contributed by atoms with E-state index in [0.717, 1.165) is 0 Å². The maximum atomic E-state index is 13.5. The Balaban J connectivity index is 1.66. The van der Waals surface area contributed by atoms with Crippen molar-refractivity contribution < 1.29 is 17.6 Å². The standard InChI is InChI=1S/C22H18FN3O3S/c23-17-5-3-4-16(12-17)15-30(28,29)21-13-26(20-7-2-1-6-19(20)21)14-22(27)25-18-8-10-24-11-9-18/h1-13H,14-15H2,(H,24,25,27). The molecule has 152 valence electrons. The molecule has 1 amide bonds. The minimum absolute atomic E-state index is 0.0572. The number of fused-ring (bicyclic) bond motifs is 1. The summed E-state index contributed by atoms with van der Waals surface area (Å²) in [6, 6.07) is 15.8. The third-order valence-corrected chi connectivity index (χ3v) is 6.32. The van der Waals surface area contributed by atoms with Crippen molar-refractivity contribution in [3.63, 3.8) is 0 Å². The van der Waals surface area contributed by atoms with Crippen molar-refractivity contribution in [1.29, 1.82) is 0 Å². The Morgan fingerprint density at radius 2 is 1.80 bits per heavy atom. The van der Waals surface area contributed by atoms with Crippen LogP contribution in [0.3, 0.4) is 0 Å². The Bertz CT molecular complexity index is 1320. The number of rotatable bonds is 6. The van der Waals surface area contributed by atoms with Crippen molar-refractivity contribution in [3.05, 3.63) is 90.6 Å². The third-order valence-electron chi connectivity index (χ3n) is 4.61. The molecule has 0 atom stereocenters. The van der Waals surface area contributed by atoms with Crippen LogP contribution in [0, 0.1) is 5.82 Å². The average molecular weight is 423 g/mol. The smallest absolute Gasteiger partial charge is 0.244 e. The summed E-state index contributed by atoms with van der Waals surface area (Å²) in [7, 11) is -3.76. The molecule has 4 rings (SSSR count). The summed E-state index contributed by atoms with van der Waals surface area (Å²) in [6.07, 6.45) is 4.60. The van der Waals surface area contributed by atoms with Gasteiger partial charge in [0.15, 0.2) is 9.84 Å². The molecule has 4 aromatic rings. The predicted octanol–water partition coefficient (Wildman–Crippen LogP) is 3.79. The van der Waals surface area contributed by atoms with Gasteiger partial charge in [-0.2, -0.15) is 0 Å². The fourth-order valence-corrected chi connectivity index (χ4v) is 4.88. The number of sulfone groups is 1. The number of aromatic nitrogens is 2. The highest BCUT2D eigenvalue weighted by molar-refractivity contribution is 7.90. The molecule has 0 saturated carbocycles. The Hall–Kier alpha value is -3.52. The fourth-order valence-electron chi connectivity index (χ4n) is 3.31. The Morgan fingerprint density at radius 1 is 1.03 bits per heavy atom. The van der Waals surface area contributed by atoms with Crippen LogP contribution in [-0.2, 0) is 26.9 Å². The molecule has 2 heterocycles. The number of halogens is 1. The molecule has 2 aromatic heterocycles. The van der Waals surface area contributed by atoms with Gasteiger partial charge >= 0.3 is 0 Å². The molecule has 0 saturated heterocycles. The molecular formula is C22H18FN3O3S. The number of nitrogens with zero attached hydrogens (tertiary/aromatic N) is 2. The van der Waals surface area contributed by atoms with Gasteiger partial charge in [-0.25, -0.2) is 12.8 Å². The zero-order valence-electron chi connectivity index (χ0n) is 15.8. The molecule has 1 N–H and O–H groups in total. The van der Waals surface area contributed by atoms with Crippen molar-refractivity contribution in [1.82, 2.24) is 9.55 Å². The molecule has 30 heavy (non-hydrogen) atoms. The summed E-state index contributed by atoms with van der Waals surface area (Å²) in [5.41, 5.74) is 1.59. The lowest BCUT2D eigenvalue weighted by Crippen LogP contribution is -2.18. The van der Waals surface area contributed by atoms with E-state index in [0.29, 0.717) is 22.2 Å². The van der Waals surface area contributed by atoms with E-state index in [1.165, 1.54) is 24.4 Å². The quantitative estimate of drug-likeness (QED) is 0.512. The number of hydrogen-bond acceptors (Lipinski definition) is 4. The van der Waals surface area contributed by atoms with Crippen molar-refractivity contribution >= 4 is 32.3 Å². The van der Waals surface area contributed by atoms with E-state index in [2.05, 4.69) is 10.3 Å². The molecule has 0 aliphatic heterocycles. The molecule has 0 aliphatic carbocycles. The van der Waals surface area contributed by atoms with E-state index in [1.54, 1.807) is 59.4 Å². The first-order valence-electron chi connectivity index (χ1n) is 9.17. The lowest BCUT2D eigenvalue weighted by Gasteiger charge is -2.07. The number of amides is 1. The highest BCUT2D eigenvalue weighted by atomic mass is 32.2.